The molecule has 138 valence electrons. The standard InChI is InChI=1S/C23H25N3O/c1-6-26-21-12-7-16-14-18(27-5)9-10-19(16)22(21)24-23(26)17-8-11-20(25(3)4)15(2)13-17/h7-14H,6H2,1-5H3. The molecule has 1 aromatic heterocycles. The van der Waals surface area contributed by atoms with Crippen molar-refractivity contribution in [2.75, 3.05) is 26.1 Å². The molecule has 3 aromatic carbocycles. The van der Waals surface area contributed by atoms with Crippen molar-refractivity contribution in [1.82, 2.24) is 9.55 Å². The number of hydrogen-bond acceptors (Lipinski definition) is 3. The summed E-state index contributed by atoms with van der Waals surface area (Å²) in [6.45, 7) is 5.20. The first-order valence-corrected chi connectivity index (χ1v) is 9.28. The van der Waals surface area contributed by atoms with E-state index in [1.165, 1.54) is 16.8 Å². The van der Waals surface area contributed by atoms with E-state index in [0.29, 0.717) is 0 Å². The van der Waals surface area contributed by atoms with Crippen LogP contribution in [0, 0.1) is 6.92 Å². The monoisotopic (exact) mass is 359 g/mol. The molecule has 0 aliphatic heterocycles. The first-order valence-electron chi connectivity index (χ1n) is 9.28. The number of aromatic nitrogens is 2. The molecule has 0 atom stereocenters. The summed E-state index contributed by atoms with van der Waals surface area (Å²) in [7, 11) is 5.84. The molecule has 4 heteroatoms. The van der Waals surface area contributed by atoms with Crippen LogP contribution in [0.1, 0.15) is 12.5 Å². The third-order valence-corrected chi connectivity index (χ3v) is 5.19. The molecule has 4 nitrogen and oxygen atoms in total. The Balaban J connectivity index is 1.95. The predicted octanol–water partition coefficient (Wildman–Crippen LogP) is 5.26. The zero-order chi connectivity index (χ0) is 19.1. The van der Waals surface area contributed by atoms with Crippen molar-refractivity contribution in [2.24, 2.45) is 0 Å². The molecule has 0 aliphatic carbocycles. The Hall–Kier alpha value is -3.01. The molecule has 1 heterocycles. The lowest BCUT2D eigenvalue weighted by Crippen LogP contribution is -2.10. The molecule has 0 saturated heterocycles. The van der Waals surface area contributed by atoms with E-state index in [2.05, 4.69) is 79.9 Å². The van der Waals surface area contributed by atoms with Gasteiger partial charge in [-0.3, -0.25) is 0 Å². The number of hydrogen-bond donors (Lipinski definition) is 0. The number of nitrogens with zero attached hydrogens (tertiary/aromatic N) is 3. The van der Waals surface area contributed by atoms with Gasteiger partial charge in [-0.25, -0.2) is 4.98 Å². The van der Waals surface area contributed by atoms with Crippen LogP contribution in [0.5, 0.6) is 5.75 Å². The molecule has 0 amide bonds. The van der Waals surface area contributed by atoms with Crippen LogP contribution in [0.2, 0.25) is 0 Å². The van der Waals surface area contributed by atoms with Crippen LogP contribution in [-0.2, 0) is 6.54 Å². The highest BCUT2D eigenvalue weighted by Gasteiger charge is 2.15. The van der Waals surface area contributed by atoms with Gasteiger partial charge in [0.1, 0.15) is 11.6 Å². The molecule has 0 spiro atoms. The Labute approximate surface area is 160 Å². The first kappa shape index (κ1) is 17.4. The highest BCUT2D eigenvalue weighted by atomic mass is 16.5. The van der Waals surface area contributed by atoms with Gasteiger partial charge in [-0.05, 0) is 67.3 Å². The zero-order valence-corrected chi connectivity index (χ0v) is 16.6. The quantitative estimate of drug-likeness (QED) is 0.498. The predicted molar refractivity (Wildman–Crippen MR) is 114 cm³/mol. The van der Waals surface area contributed by atoms with E-state index in [1.807, 2.05) is 6.07 Å². The van der Waals surface area contributed by atoms with Crippen molar-refractivity contribution in [3.63, 3.8) is 0 Å². The van der Waals surface area contributed by atoms with Gasteiger partial charge in [0.25, 0.3) is 0 Å². The lowest BCUT2D eigenvalue weighted by Gasteiger charge is -2.16. The third kappa shape index (κ3) is 2.81. The fraction of sp³-hybridized carbons (Fsp3) is 0.261. The van der Waals surface area contributed by atoms with Gasteiger partial charge in [-0.2, -0.15) is 0 Å². The van der Waals surface area contributed by atoms with E-state index in [9.17, 15) is 0 Å². The van der Waals surface area contributed by atoms with E-state index in [1.54, 1.807) is 7.11 Å². The highest BCUT2D eigenvalue weighted by molar-refractivity contribution is 6.05. The second-order valence-corrected chi connectivity index (χ2v) is 7.10. The molecule has 0 aliphatic rings. The average Bonchev–Trinajstić information content (AvgIpc) is 3.06. The molecular formula is C23H25N3O. The lowest BCUT2D eigenvalue weighted by molar-refractivity contribution is 0.415. The van der Waals surface area contributed by atoms with Crippen molar-refractivity contribution in [3.8, 4) is 17.1 Å². The summed E-state index contributed by atoms with van der Waals surface area (Å²) in [4.78, 5) is 7.20. The van der Waals surface area contributed by atoms with Gasteiger partial charge in [-0.15, -0.1) is 0 Å². The molecule has 0 unspecified atom stereocenters. The number of fused-ring (bicyclic) bond motifs is 3. The molecule has 4 aromatic rings. The number of methoxy groups -OCH3 is 1. The summed E-state index contributed by atoms with van der Waals surface area (Å²) < 4.78 is 7.66. The van der Waals surface area contributed by atoms with Crippen LogP contribution in [0.25, 0.3) is 33.2 Å². The van der Waals surface area contributed by atoms with Gasteiger partial charge in [-0.1, -0.05) is 6.07 Å². The third-order valence-electron chi connectivity index (χ3n) is 5.19. The highest BCUT2D eigenvalue weighted by Crippen LogP contribution is 2.33. The number of ether oxygens (including phenoxy) is 1. The van der Waals surface area contributed by atoms with Crippen molar-refractivity contribution < 1.29 is 4.74 Å². The Morgan fingerprint density at radius 3 is 2.52 bits per heavy atom. The Kier molecular flexibility index (Phi) is 4.27. The number of aryl methyl sites for hydroxylation is 2. The summed E-state index contributed by atoms with van der Waals surface area (Å²) in [6.07, 6.45) is 0. The van der Waals surface area contributed by atoms with Gasteiger partial charge in [0.05, 0.1) is 18.1 Å². The fourth-order valence-corrected chi connectivity index (χ4v) is 3.86. The smallest absolute Gasteiger partial charge is 0.141 e. The van der Waals surface area contributed by atoms with Crippen LogP contribution in [-0.4, -0.2) is 30.8 Å². The normalized spacial score (nSPS) is 11.3. The number of imidazole rings is 1. The van der Waals surface area contributed by atoms with E-state index < -0.39 is 0 Å². The van der Waals surface area contributed by atoms with E-state index in [0.717, 1.165) is 40.0 Å². The van der Waals surface area contributed by atoms with Crippen molar-refractivity contribution >= 4 is 27.5 Å². The summed E-state index contributed by atoms with van der Waals surface area (Å²) in [5.41, 5.74) is 5.84. The Morgan fingerprint density at radius 1 is 1.04 bits per heavy atom. The van der Waals surface area contributed by atoms with E-state index >= 15 is 0 Å². The number of rotatable bonds is 4. The fourth-order valence-electron chi connectivity index (χ4n) is 3.86. The minimum Gasteiger partial charge on any atom is -0.497 e. The van der Waals surface area contributed by atoms with Crippen molar-refractivity contribution in [1.29, 1.82) is 0 Å². The molecule has 0 bridgehead atoms. The molecular weight excluding hydrogens is 334 g/mol. The minimum atomic E-state index is 0.867. The van der Waals surface area contributed by atoms with Crippen LogP contribution in [0.4, 0.5) is 5.69 Å². The van der Waals surface area contributed by atoms with Gasteiger partial charge in [0.2, 0.25) is 0 Å². The summed E-state index contributed by atoms with van der Waals surface area (Å²) in [5.74, 6) is 1.89. The van der Waals surface area contributed by atoms with Crippen molar-refractivity contribution in [3.05, 3.63) is 54.1 Å². The van der Waals surface area contributed by atoms with Crippen LogP contribution >= 0.6 is 0 Å². The largest absolute Gasteiger partial charge is 0.497 e. The topological polar surface area (TPSA) is 30.3 Å². The summed E-state index contributed by atoms with van der Waals surface area (Å²) in [6, 6.07) is 17.1. The van der Waals surface area contributed by atoms with Gasteiger partial charge in [0, 0.05) is 37.3 Å². The first-order chi connectivity index (χ1) is 13.0. The van der Waals surface area contributed by atoms with Crippen LogP contribution < -0.4 is 9.64 Å². The molecule has 27 heavy (non-hydrogen) atoms. The molecule has 4 rings (SSSR count). The number of anilines is 1. The average molecular weight is 359 g/mol. The zero-order valence-electron chi connectivity index (χ0n) is 16.6. The maximum Gasteiger partial charge on any atom is 0.141 e. The van der Waals surface area contributed by atoms with Crippen LogP contribution in [0.3, 0.4) is 0 Å². The molecule has 0 fully saturated rings. The second-order valence-electron chi connectivity index (χ2n) is 7.10. The minimum absolute atomic E-state index is 0.867. The maximum absolute atomic E-state index is 5.37. The van der Waals surface area contributed by atoms with E-state index in [-0.39, 0.29) is 0 Å². The van der Waals surface area contributed by atoms with E-state index in [4.69, 9.17) is 9.72 Å². The lowest BCUT2D eigenvalue weighted by atomic mass is 10.1. The van der Waals surface area contributed by atoms with Gasteiger partial charge in [0.15, 0.2) is 0 Å². The summed E-state index contributed by atoms with van der Waals surface area (Å²) in [5, 5.41) is 2.30. The maximum atomic E-state index is 5.37. The van der Waals surface area contributed by atoms with Gasteiger partial charge < -0.3 is 14.2 Å². The van der Waals surface area contributed by atoms with Gasteiger partial charge >= 0.3 is 0 Å². The molecule has 0 N–H and O–H groups in total. The molecule has 0 saturated carbocycles. The Morgan fingerprint density at radius 2 is 1.85 bits per heavy atom. The number of benzene rings is 3. The Bertz CT molecular complexity index is 1140. The molecule has 0 radical (unpaired) electrons. The van der Waals surface area contributed by atoms with Crippen LogP contribution in [0.15, 0.2) is 48.5 Å². The SMILES string of the molecule is CCn1c(-c2ccc(N(C)C)c(C)c2)nc2c3ccc(OC)cc3ccc21. The van der Waals surface area contributed by atoms with Crippen molar-refractivity contribution in [2.45, 2.75) is 20.4 Å². The summed E-state index contributed by atoms with van der Waals surface area (Å²) >= 11 is 0. The second kappa shape index (κ2) is 6.62.